The van der Waals surface area contributed by atoms with Gasteiger partial charge >= 0.3 is 5.69 Å². The molecule has 2 aromatic carbocycles. The van der Waals surface area contributed by atoms with Crippen LogP contribution in [0.1, 0.15) is 31.9 Å². The topological polar surface area (TPSA) is 64.4 Å². The van der Waals surface area contributed by atoms with Gasteiger partial charge in [0.15, 0.2) is 5.75 Å². The standard InChI is InChI=1S/C18H22N2O3/c1-18(2,3)19-12-15-9-10-16(20(21)22)17(11-15)23-13-14-7-5-4-6-8-14/h4-11,19H,12-13H2,1-3H3. The van der Waals surface area contributed by atoms with E-state index in [9.17, 15) is 10.1 Å². The minimum Gasteiger partial charge on any atom is -0.482 e. The Hall–Kier alpha value is -2.40. The molecule has 0 aromatic heterocycles. The first kappa shape index (κ1) is 17.0. The highest BCUT2D eigenvalue weighted by Crippen LogP contribution is 2.29. The molecule has 0 aliphatic carbocycles. The Balaban J connectivity index is 2.15. The molecule has 0 saturated carbocycles. The molecule has 122 valence electrons. The molecule has 0 bridgehead atoms. The summed E-state index contributed by atoms with van der Waals surface area (Å²) in [6, 6.07) is 14.6. The van der Waals surface area contributed by atoms with Crippen molar-refractivity contribution in [3.05, 3.63) is 69.8 Å². The van der Waals surface area contributed by atoms with Gasteiger partial charge in [0.1, 0.15) is 6.61 Å². The number of hydrogen-bond donors (Lipinski definition) is 1. The molecule has 0 amide bonds. The van der Waals surface area contributed by atoms with Gasteiger partial charge in [0.25, 0.3) is 0 Å². The average Bonchev–Trinajstić information content (AvgIpc) is 2.51. The van der Waals surface area contributed by atoms with Crippen molar-refractivity contribution in [3.63, 3.8) is 0 Å². The lowest BCUT2D eigenvalue weighted by Crippen LogP contribution is -2.35. The quantitative estimate of drug-likeness (QED) is 0.645. The van der Waals surface area contributed by atoms with E-state index in [4.69, 9.17) is 4.74 Å². The number of rotatable bonds is 6. The van der Waals surface area contributed by atoms with Crippen LogP contribution < -0.4 is 10.1 Å². The average molecular weight is 314 g/mol. The highest BCUT2D eigenvalue weighted by molar-refractivity contribution is 5.48. The molecule has 0 aliphatic rings. The molecule has 5 heteroatoms. The van der Waals surface area contributed by atoms with Crippen molar-refractivity contribution < 1.29 is 9.66 Å². The van der Waals surface area contributed by atoms with Gasteiger partial charge in [0, 0.05) is 18.2 Å². The second-order valence-corrected chi connectivity index (χ2v) is 6.44. The number of nitro groups is 1. The molecule has 2 rings (SSSR count). The van der Waals surface area contributed by atoms with Crippen molar-refractivity contribution in [1.82, 2.24) is 5.32 Å². The van der Waals surface area contributed by atoms with Crippen LogP contribution in [-0.4, -0.2) is 10.5 Å². The second kappa shape index (κ2) is 7.24. The Bertz CT molecular complexity index is 664. The zero-order chi connectivity index (χ0) is 16.9. The normalized spacial score (nSPS) is 11.3. The van der Waals surface area contributed by atoms with Crippen LogP contribution in [0.25, 0.3) is 0 Å². The van der Waals surface area contributed by atoms with Gasteiger partial charge in [-0.3, -0.25) is 10.1 Å². The van der Waals surface area contributed by atoms with E-state index in [2.05, 4.69) is 26.1 Å². The van der Waals surface area contributed by atoms with Crippen LogP contribution in [0, 0.1) is 10.1 Å². The summed E-state index contributed by atoms with van der Waals surface area (Å²) in [5.74, 6) is 0.298. The Kier molecular flexibility index (Phi) is 5.34. The first-order chi connectivity index (χ1) is 10.8. The number of hydrogen-bond acceptors (Lipinski definition) is 4. The first-order valence-corrected chi connectivity index (χ1v) is 7.54. The van der Waals surface area contributed by atoms with Crippen LogP contribution in [0.5, 0.6) is 5.75 Å². The van der Waals surface area contributed by atoms with E-state index in [1.807, 2.05) is 30.3 Å². The molecule has 23 heavy (non-hydrogen) atoms. The van der Waals surface area contributed by atoms with E-state index in [1.165, 1.54) is 6.07 Å². The van der Waals surface area contributed by atoms with E-state index in [0.717, 1.165) is 11.1 Å². The van der Waals surface area contributed by atoms with Gasteiger partial charge in [-0.25, -0.2) is 0 Å². The summed E-state index contributed by atoms with van der Waals surface area (Å²) in [6.07, 6.45) is 0. The maximum atomic E-state index is 11.2. The van der Waals surface area contributed by atoms with Crippen molar-refractivity contribution in [1.29, 1.82) is 0 Å². The Labute approximate surface area is 136 Å². The van der Waals surface area contributed by atoms with E-state index in [0.29, 0.717) is 18.9 Å². The summed E-state index contributed by atoms with van der Waals surface area (Å²) in [7, 11) is 0. The van der Waals surface area contributed by atoms with Crippen molar-refractivity contribution >= 4 is 5.69 Å². The molecule has 1 N–H and O–H groups in total. The molecule has 0 aliphatic heterocycles. The fourth-order valence-electron chi connectivity index (χ4n) is 2.04. The second-order valence-electron chi connectivity index (χ2n) is 6.44. The molecular weight excluding hydrogens is 292 g/mol. The maximum Gasteiger partial charge on any atom is 0.310 e. The summed E-state index contributed by atoms with van der Waals surface area (Å²) in [5.41, 5.74) is 1.89. The molecule has 0 fully saturated rings. The van der Waals surface area contributed by atoms with Gasteiger partial charge in [-0.2, -0.15) is 0 Å². The van der Waals surface area contributed by atoms with Crippen molar-refractivity contribution in [2.45, 2.75) is 39.5 Å². The smallest absolute Gasteiger partial charge is 0.310 e. The summed E-state index contributed by atoms with van der Waals surface area (Å²) in [4.78, 5) is 10.8. The molecule has 0 spiro atoms. The van der Waals surface area contributed by atoms with Crippen molar-refractivity contribution in [3.8, 4) is 5.75 Å². The lowest BCUT2D eigenvalue weighted by Gasteiger charge is -2.20. The largest absolute Gasteiger partial charge is 0.482 e. The molecule has 0 saturated heterocycles. The van der Waals surface area contributed by atoms with E-state index in [-0.39, 0.29) is 11.2 Å². The minimum absolute atomic E-state index is 0.0135. The lowest BCUT2D eigenvalue weighted by atomic mass is 10.1. The monoisotopic (exact) mass is 314 g/mol. The fraction of sp³-hybridized carbons (Fsp3) is 0.333. The maximum absolute atomic E-state index is 11.2. The van der Waals surface area contributed by atoms with Gasteiger partial charge < -0.3 is 10.1 Å². The summed E-state index contributed by atoms with van der Waals surface area (Å²) in [5, 5.41) is 14.5. The van der Waals surface area contributed by atoms with E-state index >= 15 is 0 Å². The highest BCUT2D eigenvalue weighted by atomic mass is 16.6. The first-order valence-electron chi connectivity index (χ1n) is 7.54. The fourth-order valence-corrected chi connectivity index (χ4v) is 2.04. The Morgan fingerprint density at radius 1 is 1.09 bits per heavy atom. The number of ether oxygens (including phenoxy) is 1. The lowest BCUT2D eigenvalue weighted by molar-refractivity contribution is -0.386. The molecule has 0 unspecified atom stereocenters. The third kappa shape index (κ3) is 5.38. The van der Waals surface area contributed by atoms with Crippen LogP contribution >= 0.6 is 0 Å². The van der Waals surface area contributed by atoms with Crippen molar-refractivity contribution in [2.24, 2.45) is 0 Å². The SMILES string of the molecule is CC(C)(C)NCc1ccc([N+](=O)[O-])c(OCc2ccccc2)c1. The summed E-state index contributed by atoms with van der Waals surface area (Å²) < 4.78 is 5.69. The van der Waals surface area contributed by atoms with Gasteiger partial charge in [-0.1, -0.05) is 36.4 Å². The molecule has 0 radical (unpaired) electrons. The van der Waals surface area contributed by atoms with Crippen LogP contribution in [0.15, 0.2) is 48.5 Å². The van der Waals surface area contributed by atoms with Crippen LogP contribution in [0.3, 0.4) is 0 Å². The van der Waals surface area contributed by atoms with E-state index < -0.39 is 4.92 Å². The molecular formula is C18H22N2O3. The van der Waals surface area contributed by atoms with Crippen LogP contribution in [0.4, 0.5) is 5.69 Å². The molecule has 0 atom stereocenters. The summed E-state index contributed by atoms with van der Waals surface area (Å²) >= 11 is 0. The minimum atomic E-state index is -0.415. The molecule has 2 aromatic rings. The third-order valence-electron chi connectivity index (χ3n) is 3.28. The van der Waals surface area contributed by atoms with Gasteiger partial charge in [0.2, 0.25) is 0 Å². The zero-order valence-corrected chi connectivity index (χ0v) is 13.7. The molecule has 5 nitrogen and oxygen atoms in total. The number of benzene rings is 2. The molecule has 0 heterocycles. The predicted octanol–water partition coefficient (Wildman–Crippen LogP) is 4.06. The van der Waals surface area contributed by atoms with Gasteiger partial charge in [-0.15, -0.1) is 0 Å². The van der Waals surface area contributed by atoms with Crippen LogP contribution in [-0.2, 0) is 13.2 Å². The van der Waals surface area contributed by atoms with Crippen LogP contribution in [0.2, 0.25) is 0 Å². The predicted molar refractivity (Wildman–Crippen MR) is 90.5 cm³/mol. The Morgan fingerprint density at radius 2 is 1.78 bits per heavy atom. The van der Waals surface area contributed by atoms with Crippen molar-refractivity contribution in [2.75, 3.05) is 0 Å². The zero-order valence-electron chi connectivity index (χ0n) is 13.7. The highest BCUT2D eigenvalue weighted by Gasteiger charge is 2.17. The summed E-state index contributed by atoms with van der Waals surface area (Å²) in [6.45, 7) is 7.16. The van der Waals surface area contributed by atoms with Gasteiger partial charge in [-0.05, 0) is 38.0 Å². The third-order valence-corrected chi connectivity index (χ3v) is 3.28. The van der Waals surface area contributed by atoms with Gasteiger partial charge in [0.05, 0.1) is 4.92 Å². The Morgan fingerprint density at radius 3 is 2.39 bits per heavy atom. The number of nitrogens with one attached hydrogen (secondary N) is 1. The van der Waals surface area contributed by atoms with E-state index in [1.54, 1.807) is 12.1 Å². The number of nitro benzene ring substituents is 1. The number of nitrogens with zero attached hydrogens (tertiary/aromatic N) is 1.